The molecule has 1 aromatic heterocycles. The Hall–Kier alpha value is -2.70. The number of thiazole rings is 1. The summed E-state index contributed by atoms with van der Waals surface area (Å²) in [6.07, 6.45) is 1.95. The van der Waals surface area contributed by atoms with E-state index in [0.717, 1.165) is 54.5 Å². The quantitative estimate of drug-likeness (QED) is 0.636. The zero-order valence-electron chi connectivity index (χ0n) is 17.4. The first-order chi connectivity index (χ1) is 14.6. The number of benzene rings is 2. The number of aromatic nitrogens is 1. The maximum absolute atomic E-state index is 12.9. The largest absolute Gasteiger partial charge is 0.497 e. The second kappa shape index (κ2) is 9.41. The summed E-state index contributed by atoms with van der Waals surface area (Å²) in [5, 5.41) is 4.09. The lowest BCUT2D eigenvalue weighted by atomic mass is 10.0. The average Bonchev–Trinajstić information content (AvgIpc) is 3.18. The van der Waals surface area contributed by atoms with Crippen molar-refractivity contribution in [1.82, 2.24) is 15.2 Å². The van der Waals surface area contributed by atoms with Gasteiger partial charge in [0.05, 0.1) is 12.8 Å². The van der Waals surface area contributed by atoms with Crippen molar-refractivity contribution in [3.63, 3.8) is 0 Å². The lowest BCUT2D eigenvalue weighted by Gasteiger charge is -2.32. The van der Waals surface area contributed by atoms with E-state index in [1.54, 1.807) is 7.11 Å². The number of ether oxygens (including phenoxy) is 1. The third kappa shape index (κ3) is 4.89. The van der Waals surface area contributed by atoms with E-state index in [2.05, 4.69) is 39.5 Å². The van der Waals surface area contributed by atoms with Crippen LogP contribution in [0.15, 0.2) is 54.6 Å². The zero-order valence-corrected chi connectivity index (χ0v) is 18.2. The van der Waals surface area contributed by atoms with Crippen LogP contribution in [0.1, 0.15) is 33.8 Å². The maximum Gasteiger partial charge on any atom is 0.263 e. The van der Waals surface area contributed by atoms with Crippen LogP contribution in [0.25, 0.3) is 10.6 Å². The van der Waals surface area contributed by atoms with Crippen LogP contribution in [0.3, 0.4) is 0 Å². The lowest BCUT2D eigenvalue weighted by Crippen LogP contribution is -2.44. The summed E-state index contributed by atoms with van der Waals surface area (Å²) in [6.45, 7) is 4.87. The molecule has 2 aromatic carbocycles. The molecule has 1 amide bonds. The van der Waals surface area contributed by atoms with Gasteiger partial charge in [-0.05, 0) is 49.6 Å². The normalized spacial score (nSPS) is 15.1. The van der Waals surface area contributed by atoms with Gasteiger partial charge in [-0.2, -0.15) is 0 Å². The minimum atomic E-state index is -0.00808. The molecule has 0 bridgehead atoms. The molecule has 6 heteroatoms. The first kappa shape index (κ1) is 20.6. The van der Waals surface area contributed by atoms with Gasteiger partial charge in [0.15, 0.2) is 0 Å². The number of carbonyl (C=O) groups excluding carboxylic acids is 1. The molecule has 0 radical (unpaired) electrons. The summed E-state index contributed by atoms with van der Waals surface area (Å²) in [7, 11) is 1.65. The van der Waals surface area contributed by atoms with E-state index in [-0.39, 0.29) is 11.9 Å². The number of hydrogen-bond acceptors (Lipinski definition) is 5. The lowest BCUT2D eigenvalue weighted by molar-refractivity contribution is 0.0912. The van der Waals surface area contributed by atoms with Gasteiger partial charge in [-0.15, -0.1) is 11.3 Å². The number of likely N-dealkylation sites (tertiary alicyclic amines) is 1. The van der Waals surface area contributed by atoms with Crippen LogP contribution in [0.2, 0.25) is 0 Å². The fraction of sp³-hybridized carbons (Fsp3) is 0.333. The molecule has 1 fully saturated rings. The number of carbonyl (C=O) groups is 1. The summed E-state index contributed by atoms with van der Waals surface area (Å²) >= 11 is 1.45. The van der Waals surface area contributed by atoms with Crippen LogP contribution in [0.5, 0.6) is 5.75 Å². The highest BCUT2D eigenvalue weighted by molar-refractivity contribution is 7.17. The SMILES string of the molecule is COc1ccc(-c2nc(C)c(C(=O)NC3CCN(Cc4ccccc4)CC3)s2)cc1. The maximum atomic E-state index is 12.9. The topological polar surface area (TPSA) is 54.5 Å². The molecule has 4 rings (SSSR count). The van der Waals surface area contributed by atoms with Crippen LogP contribution < -0.4 is 10.1 Å². The second-order valence-electron chi connectivity index (χ2n) is 7.67. The summed E-state index contributed by atoms with van der Waals surface area (Å²) in [5.74, 6) is 0.801. The van der Waals surface area contributed by atoms with Gasteiger partial charge in [0.25, 0.3) is 5.91 Å². The van der Waals surface area contributed by atoms with E-state index in [9.17, 15) is 4.79 Å². The van der Waals surface area contributed by atoms with E-state index in [1.807, 2.05) is 37.3 Å². The molecule has 30 heavy (non-hydrogen) atoms. The van der Waals surface area contributed by atoms with Gasteiger partial charge in [-0.1, -0.05) is 30.3 Å². The van der Waals surface area contributed by atoms with Crippen LogP contribution >= 0.6 is 11.3 Å². The summed E-state index contributed by atoms with van der Waals surface area (Å²) in [5.41, 5.74) is 3.12. The third-order valence-electron chi connectivity index (χ3n) is 5.51. The molecule has 0 spiro atoms. The van der Waals surface area contributed by atoms with Gasteiger partial charge in [0.2, 0.25) is 0 Å². The van der Waals surface area contributed by atoms with E-state index in [4.69, 9.17) is 4.74 Å². The Morgan fingerprint density at radius 3 is 2.50 bits per heavy atom. The molecule has 3 aromatic rings. The standard InChI is InChI=1S/C24H27N3O2S/c1-17-22(30-24(25-17)19-8-10-21(29-2)11-9-19)23(28)26-20-12-14-27(15-13-20)16-18-6-4-3-5-7-18/h3-11,20H,12-16H2,1-2H3,(H,26,28). The third-order valence-corrected chi connectivity index (χ3v) is 6.72. The fourth-order valence-electron chi connectivity index (χ4n) is 3.79. The number of piperidine rings is 1. The van der Waals surface area contributed by atoms with Crippen LogP contribution in [-0.4, -0.2) is 42.0 Å². The van der Waals surface area contributed by atoms with Crippen LogP contribution in [-0.2, 0) is 6.54 Å². The van der Waals surface area contributed by atoms with E-state index < -0.39 is 0 Å². The molecule has 1 aliphatic heterocycles. The predicted octanol–water partition coefficient (Wildman–Crippen LogP) is 4.52. The fourth-order valence-corrected chi connectivity index (χ4v) is 4.77. The van der Waals surface area contributed by atoms with Gasteiger partial charge in [-0.3, -0.25) is 9.69 Å². The average molecular weight is 422 g/mol. The second-order valence-corrected chi connectivity index (χ2v) is 8.67. The predicted molar refractivity (Wildman–Crippen MR) is 121 cm³/mol. The number of nitrogens with one attached hydrogen (secondary N) is 1. The molecule has 156 valence electrons. The van der Waals surface area contributed by atoms with Crippen molar-refractivity contribution >= 4 is 17.2 Å². The minimum absolute atomic E-state index is 0.00808. The van der Waals surface area contributed by atoms with E-state index in [0.29, 0.717) is 4.88 Å². The Labute approximate surface area is 181 Å². The highest BCUT2D eigenvalue weighted by Crippen LogP contribution is 2.29. The van der Waals surface area contributed by atoms with Gasteiger partial charge < -0.3 is 10.1 Å². The number of amides is 1. The first-order valence-electron chi connectivity index (χ1n) is 10.3. The number of rotatable bonds is 6. The Bertz CT molecular complexity index is 977. The monoisotopic (exact) mass is 421 g/mol. The molecule has 0 unspecified atom stereocenters. The minimum Gasteiger partial charge on any atom is -0.497 e. The van der Waals surface area contributed by atoms with Crippen molar-refractivity contribution in [3.05, 3.63) is 70.7 Å². The smallest absolute Gasteiger partial charge is 0.263 e. The number of aryl methyl sites for hydroxylation is 1. The molecule has 1 saturated heterocycles. The molecular formula is C24H27N3O2S. The van der Waals surface area contributed by atoms with Crippen molar-refractivity contribution in [2.24, 2.45) is 0 Å². The van der Waals surface area contributed by atoms with Crippen molar-refractivity contribution in [2.75, 3.05) is 20.2 Å². The Kier molecular flexibility index (Phi) is 6.45. The van der Waals surface area contributed by atoms with E-state index in [1.165, 1.54) is 16.9 Å². The summed E-state index contributed by atoms with van der Waals surface area (Å²) in [6, 6.07) is 18.5. The van der Waals surface area contributed by atoms with E-state index >= 15 is 0 Å². The summed E-state index contributed by atoms with van der Waals surface area (Å²) in [4.78, 5) is 20.7. The van der Waals surface area contributed by atoms with Crippen molar-refractivity contribution in [3.8, 4) is 16.3 Å². The molecule has 1 aliphatic rings. The van der Waals surface area contributed by atoms with Gasteiger partial charge in [-0.25, -0.2) is 4.98 Å². The van der Waals surface area contributed by atoms with Crippen molar-refractivity contribution in [1.29, 1.82) is 0 Å². The van der Waals surface area contributed by atoms with Gasteiger partial charge >= 0.3 is 0 Å². The number of methoxy groups -OCH3 is 1. The molecule has 5 nitrogen and oxygen atoms in total. The van der Waals surface area contributed by atoms with Crippen molar-refractivity contribution in [2.45, 2.75) is 32.4 Å². The number of nitrogens with zero attached hydrogens (tertiary/aromatic N) is 2. The first-order valence-corrected chi connectivity index (χ1v) is 11.1. The highest BCUT2D eigenvalue weighted by atomic mass is 32.1. The molecule has 0 saturated carbocycles. The highest BCUT2D eigenvalue weighted by Gasteiger charge is 2.23. The summed E-state index contributed by atoms with van der Waals surface area (Å²) < 4.78 is 5.21. The molecular weight excluding hydrogens is 394 g/mol. The molecule has 2 heterocycles. The van der Waals surface area contributed by atoms with Gasteiger partial charge in [0.1, 0.15) is 15.6 Å². The van der Waals surface area contributed by atoms with Crippen LogP contribution in [0, 0.1) is 6.92 Å². The van der Waals surface area contributed by atoms with Crippen molar-refractivity contribution < 1.29 is 9.53 Å². The molecule has 0 atom stereocenters. The molecule has 0 aliphatic carbocycles. The van der Waals surface area contributed by atoms with Gasteiger partial charge in [0, 0.05) is 31.2 Å². The Morgan fingerprint density at radius 2 is 1.83 bits per heavy atom. The number of hydrogen-bond donors (Lipinski definition) is 1. The Balaban J connectivity index is 1.33. The van der Waals surface area contributed by atoms with Crippen LogP contribution in [0.4, 0.5) is 0 Å². The molecule has 1 N–H and O–H groups in total. The zero-order chi connectivity index (χ0) is 20.9. The Morgan fingerprint density at radius 1 is 1.13 bits per heavy atom.